The second kappa shape index (κ2) is 6.33. The van der Waals surface area contributed by atoms with E-state index in [9.17, 15) is 9.90 Å². The van der Waals surface area contributed by atoms with Crippen molar-refractivity contribution in [3.63, 3.8) is 0 Å². The highest BCUT2D eigenvalue weighted by Gasteiger charge is 2.23. The Hall–Kier alpha value is -3.08. The molecule has 132 valence electrons. The molecular weight excluding hydrogens is 328 g/mol. The monoisotopic (exact) mass is 348 g/mol. The summed E-state index contributed by atoms with van der Waals surface area (Å²) in [6.45, 7) is 2.27. The molecular formula is C21H20N2O3. The number of methoxy groups -OCH3 is 1. The molecule has 1 heterocycles. The number of nitrogens with zero attached hydrogens (tertiary/aromatic N) is 2. The van der Waals surface area contributed by atoms with Crippen LogP contribution in [0.25, 0.3) is 16.8 Å². The summed E-state index contributed by atoms with van der Waals surface area (Å²) >= 11 is 0. The van der Waals surface area contributed by atoms with Crippen LogP contribution in [0.15, 0.2) is 48.7 Å². The van der Waals surface area contributed by atoms with Gasteiger partial charge in [0.05, 0.1) is 19.0 Å². The zero-order valence-electron chi connectivity index (χ0n) is 14.8. The van der Waals surface area contributed by atoms with Gasteiger partial charge in [0, 0.05) is 0 Å². The third kappa shape index (κ3) is 2.56. The molecule has 1 aliphatic rings. The predicted molar refractivity (Wildman–Crippen MR) is 99.2 cm³/mol. The molecule has 1 aromatic heterocycles. The fourth-order valence-corrected chi connectivity index (χ4v) is 3.85. The van der Waals surface area contributed by atoms with Crippen molar-refractivity contribution in [3.8, 4) is 22.7 Å². The Morgan fingerprint density at radius 2 is 2.08 bits per heavy atom. The minimum absolute atomic E-state index is 0.0483. The lowest BCUT2D eigenvalue weighted by atomic mass is 9.92. The van der Waals surface area contributed by atoms with Gasteiger partial charge in [-0.2, -0.15) is 5.10 Å². The van der Waals surface area contributed by atoms with E-state index in [2.05, 4.69) is 36.3 Å². The smallest absolute Gasteiger partial charge is 0.342 e. The third-order valence-electron chi connectivity index (χ3n) is 5.09. The molecule has 1 aliphatic carbocycles. The maximum atomic E-state index is 11.3. The molecule has 5 nitrogen and oxygen atoms in total. The molecule has 1 unspecified atom stereocenters. The molecule has 2 aromatic carbocycles. The Morgan fingerprint density at radius 1 is 1.27 bits per heavy atom. The number of carboxylic acids is 1. The fourth-order valence-electron chi connectivity index (χ4n) is 3.85. The highest BCUT2D eigenvalue weighted by atomic mass is 16.5. The van der Waals surface area contributed by atoms with Gasteiger partial charge in [0.25, 0.3) is 0 Å². The second-order valence-corrected chi connectivity index (χ2v) is 6.65. The van der Waals surface area contributed by atoms with Crippen molar-refractivity contribution in [2.24, 2.45) is 0 Å². The molecule has 5 heteroatoms. The van der Waals surface area contributed by atoms with E-state index in [4.69, 9.17) is 4.74 Å². The van der Waals surface area contributed by atoms with Gasteiger partial charge < -0.3 is 9.84 Å². The van der Waals surface area contributed by atoms with Crippen LogP contribution >= 0.6 is 0 Å². The topological polar surface area (TPSA) is 64.3 Å². The van der Waals surface area contributed by atoms with Gasteiger partial charge in [0.15, 0.2) is 0 Å². The molecule has 1 N–H and O–H groups in total. The van der Waals surface area contributed by atoms with Crippen LogP contribution in [-0.4, -0.2) is 28.0 Å². The number of benzene rings is 2. The number of hydrogen-bond donors (Lipinski definition) is 1. The van der Waals surface area contributed by atoms with E-state index in [1.165, 1.54) is 41.1 Å². The van der Waals surface area contributed by atoms with Gasteiger partial charge in [-0.05, 0) is 53.1 Å². The summed E-state index contributed by atoms with van der Waals surface area (Å²) in [6.07, 6.45) is 3.62. The van der Waals surface area contributed by atoms with Crippen LogP contribution in [0.3, 0.4) is 0 Å². The minimum atomic E-state index is -1.06. The molecule has 3 aromatic rings. The number of aromatic carboxylic acids is 1. The summed E-state index contributed by atoms with van der Waals surface area (Å²) < 4.78 is 6.82. The van der Waals surface area contributed by atoms with Crippen LogP contribution in [0.5, 0.6) is 5.88 Å². The van der Waals surface area contributed by atoms with Gasteiger partial charge in [0.1, 0.15) is 5.56 Å². The molecule has 0 bridgehead atoms. The quantitative estimate of drug-likeness (QED) is 0.764. The highest BCUT2D eigenvalue weighted by molar-refractivity contribution is 5.90. The van der Waals surface area contributed by atoms with Crippen LogP contribution < -0.4 is 4.74 Å². The molecule has 0 saturated heterocycles. The lowest BCUT2D eigenvalue weighted by molar-refractivity contribution is 0.0693. The average molecular weight is 348 g/mol. The van der Waals surface area contributed by atoms with Crippen molar-refractivity contribution in [2.45, 2.75) is 25.7 Å². The van der Waals surface area contributed by atoms with Crippen LogP contribution in [0, 0.1) is 0 Å². The van der Waals surface area contributed by atoms with Gasteiger partial charge in [-0.3, -0.25) is 0 Å². The first-order chi connectivity index (χ1) is 12.6. The van der Waals surface area contributed by atoms with E-state index in [1.807, 2.05) is 18.2 Å². The predicted octanol–water partition coefficient (Wildman–Crippen LogP) is 4.30. The lowest BCUT2D eigenvalue weighted by Gasteiger charge is -2.14. The fraction of sp³-hybridized carbons (Fsp3) is 0.238. The zero-order valence-corrected chi connectivity index (χ0v) is 14.8. The number of ether oxygens (including phenoxy) is 1. The summed E-state index contributed by atoms with van der Waals surface area (Å²) in [5.74, 6) is -0.289. The molecule has 1 atom stereocenters. The first-order valence-electron chi connectivity index (χ1n) is 8.68. The number of rotatable bonds is 4. The van der Waals surface area contributed by atoms with Crippen LogP contribution in [0.1, 0.15) is 40.7 Å². The van der Waals surface area contributed by atoms with Gasteiger partial charge in [-0.1, -0.05) is 37.3 Å². The number of carbonyl (C=O) groups is 1. The maximum absolute atomic E-state index is 11.3. The van der Waals surface area contributed by atoms with Crippen molar-refractivity contribution in [1.82, 2.24) is 9.78 Å². The van der Waals surface area contributed by atoms with Gasteiger partial charge in [-0.25, -0.2) is 9.48 Å². The maximum Gasteiger partial charge on any atom is 0.342 e. The van der Waals surface area contributed by atoms with Crippen molar-refractivity contribution < 1.29 is 14.6 Å². The summed E-state index contributed by atoms with van der Waals surface area (Å²) in [7, 11) is 1.45. The van der Waals surface area contributed by atoms with Crippen LogP contribution in [0.4, 0.5) is 0 Å². The Bertz CT molecular complexity index is 991. The molecule has 4 rings (SSSR count). The molecule has 0 aliphatic heterocycles. The lowest BCUT2D eigenvalue weighted by Crippen LogP contribution is -2.03. The third-order valence-corrected chi connectivity index (χ3v) is 5.09. The number of hydrogen-bond acceptors (Lipinski definition) is 3. The van der Waals surface area contributed by atoms with E-state index in [1.54, 1.807) is 0 Å². The normalized spacial score (nSPS) is 15.7. The zero-order chi connectivity index (χ0) is 18.3. The Morgan fingerprint density at radius 3 is 2.85 bits per heavy atom. The van der Waals surface area contributed by atoms with E-state index >= 15 is 0 Å². The summed E-state index contributed by atoms with van der Waals surface area (Å²) in [4.78, 5) is 11.3. The van der Waals surface area contributed by atoms with E-state index in [0.717, 1.165) is 17.7 Å². The number of aryl methyl sites for hydroxylation is 1. The van der Waals surface area contributed by atoms with Gasteiger partial charge in [0.2, 0.25) is 5.88 Å². The second-order valence-electron chi connectivity index (χ2n) is 6.65. The summed E-state index contributed by atoms with van der Waals surface area (Å²) in [5, 5.41) is 13.5. The number of carboxylic acid groups (broad SMARTS) is 1. The van der Waals surface area contributed by atoms with Crippen molar-refractivity contribution >= 4 is 5.97 Å². The highest BCUT2D eigenvalue weighted by Crippen LogP contribution is 2.40. The summed E-state index contributed by atoms with van der Waals surface area (Å²) in [5.41, 5.74) is 6.00. The van der Waals surface area contributed by atoms with Gasteiger partial charge in [-0.15, -0.1) is 0 Å². The SMILES string of the molecule is COc1c(C(=O)O)cnn1-c1cccc(-c2cccc3c2C(C)CC3)c1. The number of fused-ring (bicyclic) bond motifs is 1. The molecule has 0 saturated carbocycles. The molecule has 0 fully saturated rings. The van der Waals surface area contributed by atoms with Crippen LogP contribution in [0.2, 0.25) is 0 Å². The summed E-state index contributed by atoms with van der Waals surface area (Å²) in [6, 6.07) is 14.4. The molecule has 26 heavy (non-hydrogen) atoms. The Balaban J connectivity index is 1.83. The van der Waals surface area contributed by atoms with E-state index < -0.39 is 5.97 Å². The van der Waals surface area contributed by atoms with E-state index in [-0.39, 0.29) is 11.4 Å². The molecule has 0 spiro atoms. The first kappa shape index (κ1) is 16.4. The van der Waals surface area contributed by atoms with Gasteiger partial charge >= 0.3 is 5.97 Å². The van der Waals surface area contributed by atoms with Crippen molar-refractivity contribution in [3.05, 3.63) is 65.4 Å². The number of aromatic nitrogens is 2. The first-order valence-corrected chi connectivity index (χ1v) is 8.68. The minimum Gasteiger partial charge on any atom is -0.480 e. The van der Waals surface area contributed by atoms with Crippen molar-refractivity contribution in [1.29, 1.82) is 0 Å². The molecule has 0 radical (unpaired) electrons. The molecule has 0 amide bonds. The standard InChI is InChI=1S/C21H20N2O3/c1-13-9-10-14-5-4-8-17(19(13)14)15-6-3-7-16(11-15)23-20(26-2)18(12-22-23)21(24)25/h3-8,11-13H,9-10H2,1-2H3,(H,24,25). The van der Waals surface area contributed by atoms with Crippen molar-refractivity contribution in [2.75, 3.05) is 7.11 Å². The largest absolute Gasteiger partial charge is 0.480 e. The average Bonchev–Trinajstić information content (AvgIpc) is 3.25. The Labute approximate surface area is 151 Å². The van der Waals surface area contributed by atoms with E-state index in [0.29, 0.717) is 5.92 Å². The van der Waals surface area contributed by atoms with Crippen LogP contribution in [-0.2, 0) is 6.42 Å². The Kier molecular flexibility index (Phi) is 3.99.